The highest BCUT2D eigenvalue weighted by atomic mass is 16.5. The van der Waals surface area contributed by atoms with Gasteiger partial charge in [-0.25, -0.2) is 0 Å². The van der Waals surface area contributed by atoms with Gasteiger partial charge in [0.2, 0.25) is 0 Å². The molecule has 2 N–H and O–H groups in total. The number of aromatic nitrogens is 1. The lowest BCUT2D eigenvalue weighted by atomic mass is 10.1. The minimum absolute atomic E-state index is 0.0571. The summed E-state index contributed by atoms with van der Waals surface area (Å²) >= 11 is 0. The fraction of sp³-hybridized carbons (Fsp3) is 0.350. The molecule has 0 bridgehead atoms. The van der Waals surface area contributed by atoms with Crippen molar-refractivity contribution in [1.82, 2.24) is 15.2 Å². The number of hydrogen-bond donors (Lipinski definition) is 2. The largest absolute Gasteiger partial charge is 0.379 e. The Balaban J connectivity index is 1.62. The standard InChI is InChI=1S/C20H24N4O3/c1-15-4-2-6-17(12-15)23-20(26)19(25)22-14-18(16-5-3-7-21-13-16)24-8-10-27-11-9-24/h2-7,12-13,18H,8-11,14H2,1H3,(H,22,25)(H,23,26)/t18-/m1/s1. The average Bonchev–Trinajstić information content (AvgIpc) is 2.69. The molecule has 1 aromatic carbocycles. The number of pyridine rings is 1. The summed E-state index contributed by atoms with van der Waals surface area (Å²) in [5, 5.41) is 5.38. The summed E-state index contributed by atoms with van der Waals surface area (Å²) in [6, 6.07) is 11.1. The van der Waals surface area contributed by atoms with Crippen molar-refractivity contribution in [2.45, 2.75) is 13.0 Å². The summed E-state index contributed by atoms with van der Waals surface area (Å²) in [7, 11) is 0. The number of amides is 2. The average molecular weight is 368 g/mol. The lowest BCUT2D eigenvalue weighted by Crippen LogP contribution is -2.45. The fourth-order valence-corrected chi connectivity index (χ4v) is 3.10. The normalized spacial score (nSPS) is 15.7. The first kappa shape index (κ1) is 19.0. The number of nitrogens with one attached hydrogen (secondary N) is 2. The quantitative estimate of drug-likeness (QED) is 0.782. The van der Waals surface area contributed by atoms with Crippen molar-refractivity contribution >= 4 is 17.5 Å². The lowest BCUT2D eigenvalue weighted by molar-refractivity contribution is -0.136. The molecular formula is C20H24N4O3. The van der Waals surface area contributed by atoms with Gasteiger partial charge in [-0.2, -0.15) is 0 Å². The first-order valence-electron chi connectivity index (χ1n) is 9.01. The van der Waals surface area contributed by atoms with Crippen LogP contribution < -0.4 is 10.6 Å². The molecule has 2 heterocycles. The number of rotatable bonds is 5. The fourth-order valence-electron chi connectivity index (χ4n) is 3.10. The maximum Gasteiger partial charge on any atom is 0.313 e. The summed E-state index contributed by atoms with van der Waals surface area (Å²) in [6.45, 7) is 5.09. The van der Waals surface area contributed by atoms with Crippen LogP contribution in [0.2, 0.25) is 0 Å². The van der Waals surface area contributed by atoms with Gasteiger partial charge in [0.05, 0.1) is 19.3 Å². The van der Waals surface area contributed by atoms with Crippen LogP contribution in [0, 0.1) is 6.92 Å². The predicted molar refractivity (Wildman–Crippen MR) is 102 cm³/mol. The van der Waals surface area contributed by atoms with Crippen molar-refractivity contribution in [3.8, 4) is 0 Å². The number of ether oxygens (including phenoxy) is 1. The summed E-state index contributed by atoms with van der Waals surface area (Å²) < 4.78 is 5.42. The maximum absolute atomic E-state index is 12.3. The molecule has 27 heavy (non-hydrogen) atoms. The molecular weight excluding hydrogens is 344 g/mol. The van der Waals surface area contributed by atoms with Crippen LogP contribution in [0.4, 0.5) is 5.69 Å². The van der Waals surface area contributed by atoms with E-state index in [1.807, 2.05) is 37.3 Å². The van der Waals surface area contributed by atoms with Crippen LogP contribution in [0.25, 0.3) is 0 Å². The van der Waals surface area contributed by atoms with Crippen molar-refractivity contribution < 1.29 is 14.3 Å². The van der Waals surface area contributed by atoms with E-state index in [1.54, 1.807) is 18.5 Å². The Morgan fingerprint density at radius 2 is 2.00 bits per heavy atom. The van der Waals surface area contributed by atoms with E-state index in [2.05, 4.69) is 20.5 Å². The van der Waals surface area contributed by atoms with Gasteiger partial charge in [0, 0.05) is 37.7 Å². The molecule has 2 aromatic rings. The second-order valence-corrected chi connectivity index (χ2v) is 6.48. The van der Waals surface area contributed by atoms with E-state index in [0.29, 0.717) is 25.4 Å². The van der Waals surface area contributed by atoms with E-state index in [-0.39, 0.29) is 6.04 Å². The van der Waals surface area contributed by atoms with Crippen LogP contribution >= 0.6 is 0 Å². The number of hydrogen-bond acceptors (Lipinski definition) is 5. The van der Waals surface area contributed by atoms with E-state index in [9.17, 15) is 9.59 Å². The Hall–Kier alpha value is -2.77. The van der Waals surface area contributed by atoms with Gasteiger partial charge in [-0.3, -0.25) is 19.5 Å². The highest BCUT2D eigenvalue weighted by Crippen LogP contribution is 2.20. The molecule has 142 valence electrons. The predicted octanol–water partition coefficient (Wildman–Crippen LogP) is 1.52. The number of nitrogens with zero attached hydrogens (tertiary/aromatic N) is 2. The highest BCUT2D eigenvalue weighted by Gasteiger charge is 2.24. The SMILES string of the molecule is Cc1cccc(NC(=O)C(=O)NC[C@H](c2cccnc2)N2CCOCC2)c1. The molecule has 1 aliphatic rings. The van der Waals surface area contributed by atoms with E-state index >= 15 is 0 Å². The van der Waals surface area contributed by atoms with Gasteiger partial charge in [0.15, 0.2) is 0 Å². The summed E-state index contributed by atoms with van der Waals surface area (Å²) in [5.74, 6) is -1.33. The number of benzene rings is 1. The van der Waals surface area contributed by atoms with Crippen LogP contribution in [0.15, 0.2) is 48.8 Å². The molecule has 7 heteroatoms. The van der Waals surface area contributed by atoms with E-state index < -0.39 is 11.8 Å². The molecule has 7 nitrogen and oxygen atoms in total. The highest BCUT2D eigenvalue weighted by molar-refractivity contribution is 6.39. The number of aryl methyl sites for hydroxylation is 1. The van der Waals surface area contributed by atoms with Gasteiger partial charge in [0.1, 0.15) is 0 Å². The van der Waals surface area contributed by atoms with Crippen molar-refractivity contribution in [2.75, 3.05) is 38.2 Å². The van der Waals surface area contributed by atoms with E-state index in [0.717, 1.165) is 24.2 Å². The molecule has 0 unspecified atom stereocenters. The smallest absolute Gasteiger partial charge is 0.313 e. The van der Waals surface area contributed by atoms with Crippen LogP contribution in [0.3, 0.4) is 0 Å². The number of anilines is 1. The minimum atomic E-state index is -0.674. The van der Waals surface area contributed by atoms with Crippen LogP contribution in [-0.2, 0) is 14.3 Å². The monoisotopic (exact) mass is 368 g/mol. The van der Waals surface area contributed by atoms with Crippen LogP contribution in [-0.4, -0.2) is 54.5 Å². The Morgan fingerprint density at radius 3 is 2.70 bits per heavy atom. The Bertz CT molecular complexity index is 776. The van der Waals surface area contributed by atoms with Gasteiger partial charge in [-0.1, -0.05) is 18.2 Å². The molecule has 1 fully saturated rings. The van der Waals surface area contributed by atoms with Crippen molar-refractivity contribution in [3.63, 3.8) is 0 Å². The topological polar surface area (TPSA) is 83.6 Å². The van der Waals surface area contributed by atoms with Crippen LogP contribution in [0.1, 0.15) is 17.2 Å². The van der Waals surface area contributed by atoms with Gasteiger partial charge < -0.3 is 15.4 Å². The summed E-state index contributed by atoms with van der Waals surface area (Å²) in [5.41, 5.74) is 2.61. The van der Waals surface area contributed by atoms with Crippen molar-refractivity contribution in [3.05, 3.63) is 59.9 Å². The lowest BCUT2D eigenvalue weighted by Gasteiger charge is -2.34. The Morgan fingerprint density at radius 1 is 1.19 bits per heavy atom. The van der Waals surface area contributed by atoms with Gasteiger partial charge in [-0.05, 0) is 36.2 Å². The van der Waals surface area contributed by atoms with E-state index in [4.69, 9.17) is 4.74 Å². The van der Waals surface area contributed by atoms with Gasteiger partial charge in [0.25, 0.3) is 0 Å². The first-order chi connectivity index (χ1) is 13.1. The molecule has 2 amide bonds. The Kier molecular flexibility index (Phi) is 6.51. The molecule has 0 aliphatic carbocycles. The molecule has 1 saturated heterocycles. The van der Waals surface area contributed by atoms with Crippen LogP contribution in [0.5, 0.6) is 0 Å². The molecule has 1 aliphatic heterocycles. The Labute approximate surface area is 158 Å². The number of carbonyl (C=O) groups excluding carboxylic acids is 2. The number of carbonyl (C=O) groups is 2. The molecule has 0 spiro atoms. The minimum Gasteiger partial charge on any atom is -0.379 e. The third kappa shape index (κ3) is 5.35. The first-order valence-corrected chi connectivity index (χ1v) is 9.01. The zero-order valence-corrected chi connectivity index (χ0v) is 15.4. The maximum atomic E-state index is 12.3. The summed E-state index contributed by atoms with van der Waals surface area (Å²) in [6.07, 6.45) is 3.51. The van der Waals surface area contributed by atoms with Gasteiger partial charge >= 0.3 is 11.8 Å². The number of morpholine rings is 1. The zero-order chi connectivity index (χ0) is 19.1. The van der Waals surface area contributed by atoms with Crippen molar-refractivity contribution in [2.24, 2.45) is 0 Å². The molecule has 1 aromatic heterocycles. The molecule has 1 atom stereocenters. The molecule has 3 rings (SSSR count). The van der Waals surface area contributed by atoms with Crippen molar-refractivity contribution in [1.29, 1.82) is 0 Å². The van der Waals surface area contributed by atoms with E-state index in [1.165, 1.54) is 0 Å². The zero-order valence-electron chi connectivity index (χ0n) is 15.4. The third-order valence-corrected chi connectivity index (χ3v) is 4.49. The molecule has 0 radical (unpaired) electrons. The second-order valence-electron chi connectivity index (χ2n) is 6.48. The van der Waals surface area contributed by atoms with Gasteiger partial charge in [-0.15, -0.1) is 0 Å². The third-order valence-electron chi connectivity index (χ3n) is 4.49. The molecule has 0 saturated carbocycles. The summed E-state index contributed by atoms with van der Waals surface area (Å²) in [4.78, 5) is 30.9. The second kappa shape index (κ2) is 9.25.